The highest BCUT2D eigenvalue weighted by atomic mass is 32.2. The summed E-state index contributed by atoms with van der Waals surface area (Å²) in [6, 6.07) is 11.8. The molecule has 0 aliphatic heterocycles. The van der Waals surface area contributed by atoms with Gasteiger partial charge in [-0.25, -0.2) is 28.4 Å². The Labute approximate surface area is 246 Å². The molecule has 0 spiro atoms. The minimum absolute atomic E-state index is 0.0222. The van der Waals surface area contributed by atoms with Gasteiger partial charge in [-0.2, -0.15) is 0 Å². The second kappa shape index (κ2) is 13.7. The van der Waals surface area contributed by atoms with E-state index < -0.39 is 16.0 Å². The second-order valence-electron chi connectivity index (χ2n) is 8.87. The van der Waals surface area contributed by atoms with E-state index in [-0.39, 0.29) is 50.6 Å². The zero-order valence-corrected chi connectivity index (χ0v) is 25.3. The number of esters is 1. The number of carbonyl (C=O) groups excluding carboxylic acids is 1. The zero-order chi connectivity index (χ0) is 29.4. The van der Waals surface area contributed by atoms with Crippen LogP contribution in [-0.2, 0) is 26.0 Å². The van der Waals surface area contributed by atoms with Crippen molar-refractivity contribution in [1.82, 2.24) is 19.9 Å². The number of hydrogen-bond acceptors (Lipinski definition) is 12. The lowest BCUT2D eigenvalue weighted by Crippen LogP contribution is -2.15. The first-order chi connectivity index (χ1) is 19.7. The van der Waals surface area contributed by atoms with E-state index in [2.05, 4.69) is 38.5 Å². The molecule has 0 saturated carbocycles. The molecule has 3 heterocycles. The minimum Gasteiger partial charge on any atom is -0.493 e. The van der Waals surface area contributed by atoms with Crippen molar-refractivity contribution < 1.29 is 27.4 Å². The molecular weight excluding hydrogens is 587 g/mol. The van der Waals surface area contributed by atoms with Gasteiger partial charge in [0.05, 0.1) is 19.5 Å². The fourth-order valence-electron chi connectivity index (χ4n) is 3.54. The Morgan fingerprint density at radius 1 is 1.02 bits per heavy atom. The van der Waals surface area contributed by atoms with Crippen LogP contribution in [0.25, 0.3) is 11.6 Å². The van der Waals surface area contributed by atoms with Crippen LogP contribution in [0.15, 0.2) is 64.1 Å². The number of rotatable bonds is 13. The second-order valence-corrected chi connectivity index (χ2v) is 12.9. The van der Waals surface area contributed by atoms with Crippen molar-refractivity contribution in [3.8, 4) is 28.9 Å². The van der Waals surface area contributed by atoms with Gasteiger partial charge in [-0.3, -0.25) is 9.52 Å². The standard InChI is InChI=1S/C27H29N5O6S3/c1-5-37-21(33)16-39-27-23(38-20-10-7-6-9-19(20)36-4)24(30-26(31-27)25-28-13-8-14-29-25)32-41(34,35)22-12-11-18(40-22)15-17(2)3/h6-14,17H,5,15-16H2,1-4H3,(H,30,31,32). The summed E-state index contributed by atoms with van der Waals surface area (Å²) in [4.78, 5) is 30.6. The van der Waals surface area contributed by atoms with Crippen LogP contribution in [0.3, 0.4) is 0 Å². The van der Waals surface area contributed by atoms with E-state index in [0.29, 0.717) is 11.7 Å². The number of aromatic nitrogens is 4. The average Bonchev–Trinajstić information content (AvgIpc) is 3.43. The molecule has 0 bridgehead atoms. The Morgan fingerprint density at radius 2 is 1.76 bits per heavy atom. The zero-order valence-electron chi connectivity index (χ0n) is 22.9. The van der Waals surface area contributed by atoms with Gasteiger partial charge in [0.2, 0.25) is 11.6 Å². The number of anilines is 1. The van der Waals surface area contributed by atoms with Crippen LogP contribution in [-0.4, -0.2) is 53.8 Å². The number of ether oxygens (including phenoxy) is 3. The highest BCUT2D eigenvalue weighted by Crippen LogP contribution is 2.41. The quantitative estimate of drug-likeness (QED) is 0.116. The number of nitrogens with one attached hydrogen (secondary N) is 1. The summed E-state index contributed by atoms with van der Waals surface area (Å²) in [7, 11) is -2.60. The Morgan fingerprint density at radius 3 is 2.44 bits per heavy atom. The summed E-state index contributed by atoms with van der Waals surface area (Å²) in [6.07, 6.45) is 3.78. The molecule has 0 unspecified atom stereocenters. The highest BCUT2D eigenvalue weighted by molar-refractivity contribution is 8.00. The van der Waals surface area contributed by atoms with Gasteiger partial charge < -0.3 is 14.2 Å². The fourth-order valence-corrected chi connectivity index (χ4v) is 6.87. The van der Waals surface area contributed by atoms with Gasteiger partial charge >= 0.3 is 5.97 Å². The lowest BCUT2D eigenvalue weighted by atomic mass is 10.1. The molecule has 14 heteroatoms. The van der Waals surface area contributed by atoms with Gasteiger partial charge in [0.15, 0.2) is 23.1 Å². The smallest absolute Gasteiger partial charge is 0.316 e. The minimum atomic E-state index is -4.09. The van der Waals surface area contributed by atoms with Crippen LogP contribution in [0.4, 0.5) is 5.82 Å². The Kier molecular flexibility index (Phi) is 10.1. The van der Waals surface area contributed by atoms with Crippen LogP contribution in [0.2, 0.25) is 0 Å². The number of carbonyl (C=O) groups is 1. The molecule has 0 aliphatic rings. The number of methoxy groups -OCH3 is 1. The molecule has 4 aromatic rings. The maximum Gasteiger partial charge on any atom is 0.316 e. The third kappa shape index (κ3) is 7.93. The van der Waals surface area contributed by atoms with E-state index in [1.165, 1.54) is 30.8 Å². The van der Waals surface area contributed by atoms with E-state index in [1.807, 2.05) is 0 Å². The van der Waals surface area contributed by atoms with Crippen molar-refractivity contribution >= 4 is 44.9 Å². The summed E-state index contributed by atoms with van der Waals surface area (Å²) < 4.78 is 46.6. The number of benzene rings is 1. The van der Waals surface area contributed by atoms with Gasteiger partial charge in [0.1, 0.15) is 9.24 Å². The Bertz CT molecular complexity index is 1600. The van der Waals surface area contributed by atoms with E-state index in [0.717, 1.165) is 23.1 Å². The molecule has 1 N–H and O–H groups in total. The predicted octanol–water partition coefficient (Wildman–Crippen LogP) is 5.45. The number of nitrogens with zero attached hydrogens (tertiary/aromatic N) is 4. The normalized spacial score (nSPS) is 11.3. The molecule has 216 valence electrons. The molecule has 4 rings (SSSR count). The van der Waals surface area contributed by atoms with Crippen LogP contribution in [0.1, 0.15) is 25.6 Å². The lowest BCUT2D eigenvalue weighted by molar-refractivity contribution is -0.139. The average molecular weight is 616 g/mol. The molecular formula is C27H29N5O6S3. The molecule has 11 nitrogen and oxygen atoms in total. The first-order valence-corrected chi connectivity index (χ1v) is 15.9. The molecule has 0 radical (unpaired) electrons. The topological polar surface area (TPSA) is 142 Å². The number of hydrogen-bond donors (Lipinski definition) is 1. The van der Waals surface area contributed by atoms with Gasteiger partial charge in [-0.05, 0) is 49.6 Å². The van der Waals surface area contributed by atoms with Crippen LogP contribution < -0.4 is 14.2 Å². The molecule has 41 heavy (non-hydrogen) atoms. The largest absolute Gasteiger partial charge is 0.493 e. The third-order valence-electron chi connectivity index (χ3n) is 5.26. The maximum atomic E-state index is 13.6. The predicted molar refractivity (Wildman–Crippen MR) is 157 cm³/mol. The van der Waals surface area contributed by atoms with Crippen molar-refractivity contribution in [2.75, 3.05) is 24.2 Å². The summed E-state index contributed by atoms with van der Waals surface area (Å²) in [6.45, 7) is 6.05. The SMILES string of the molecule is CCOC(=O)CSc1nc(-c2ncccn2)nc(NS(=O)(=O)c2ccc(CC(C)C)s2)c1Oc1ccccc1OC. The van der Waals surface area contributed by atoms with Crippen molar-refractivity contribution in [1.29, 1.82) is 0 Å². The first kappa shape index (κ1) is 30.2. The summed E-state index contributed by atoms with van der Waals surface area (Å²) in [5.74, 6) is 0.481. The van der Waals surface area contributed by atoms with Crippen LogP contribution in [0.5, 0.6) is 17.2 Å². The number of para-hydroxylation sites is 2. The van der Waals surface area contributed by atoms with Crippen molar-refractivity contribution in [2.45, 2.75) is 36.4 Å². The summed E-state index contributed by atoms with van der Waals surface area (Å²) >= 11 is 2.19. The van der Waals surface area contributed by atoms with Crippen molar-refractivity contribution in [3.63, 3.8) is 0 Å². The van der Waals surface area contributed by atoms with Gasteiger partial charge in [0.25, 0.3) is 10.0 Å². The van der Waals surface area contributed by atoms with Crippen LogP contribution in [0, 0.1) is 5.92 Å². The van der Waals surface area contributed by atoms with Crippen molar-refractivity contribution in [3.05, 3.63) is 59.7 Å². The third-order valence-corrected chi connectivity index (χ3v) is 9.12. The molecule has 0 atom stereocenters. The highest BCUT2D eigenvalue weighted by Gasteiger charge is 2.26. The summed E-state index contributed by atoms with van der Waals surface area (Å²) in [5.41, 5.74) is 0. The molecule has 0 fully saturated rings. The number of thiophene rings is 1. The fraction of sp³-hybridized carbons (Fsp3) is 0.296. The number of sulfonamides is 1. The first-order valence-electron chi connectivity index (χ1n) is 12.6. The molecule has 0 aliphatic carbocycles. The monoisotopic (exact) mass is 615 g/mol. The summed E-state index contributed by atoms with van der Waals surface area (Å²) in [5, 5.41) is 0.172. The Hall–Kier alpha value is -3.75. The lowest BCUT2D eigenvalue weighted by Gasteiger charge is -2.17. The number of thioether (sulfide) groups is 1. The van der Waals surface area contributed by atoms with E-state index >= 15 is 0 Å². The van der Waals surface area contributed by atoms with E-state index in [1.54, 1.807) is 49.4 Å². The van der Waals surface area contributed by atoms with Gasteiger partial charge in [-0.1, -0.05) is 37.7 Å². The molecule has 1 aromatic carbocycles. The maximum absolute atomic E-state index is 13.6. The van der Waals surface area contributed by atoms with Gasteiger partial charge in [-0.15, -0.1) is 11.3 Å². The molecule has 0 amide bonds. The van der Waals surface area contributed by atoms with Crippen molar-refractivity contribution in [2.24, 2.45) is 5.92 Å². The van der Waals surface area contributed by atoms with E-state index in [9.17, 15) is 13.2 Å². The van der Waals surface area contributed by atoms with E-state index in [4.69, 9.17) is 14.2 Å². The van der Waals surface area contributed by atoms with Gasteiger partial charge in [0, 0.05) is 17.3 Å². The Balaban J connectivity index is 1.84. The van der Waals surface area contributed by atoms with Crippen LogP contribution >= 0.6 is 23.1 Å². The molecule has 3 aromatic heterocycles. The molecule has 0 saturated heterocycles.